The molecule has 2 atom stereocenters. The van der Waals surface area contributed by atoms with Gasteiger partial charge in [0.1, 0.15) is 0 Å². The number of hydrogen-bond donors (Lipinski definition) is 0. The van der Waals surface area contributed by atoms with Gasteiger partial charge in [0.2, 0.25) is 0 Å². The van der Waals surface area contributed by atoms with Crippen LogP contribution in [0.3, 0.4) is 0 Å². The Balaban J connectivity index is 1.55. The molecule has 0 heterocycles. The van der Waals surface area contributed by atoms with E-state index in [1.165, 1.54) is 77.2 Å². The van der Waals surface area contributed by atoms with E-state index in [1.54, 1.807) is 0 Å². The van der Waals surface area contributed by atoms with Gasteiger partial charge in [-0.1, -0.05) is 0 Å². The van der Waals surface area contributed by atoms with Crippen LogP contribution in [0.1, 0.15) is 60.9 Å². The number of benzene rings is 4. The molecule has 0 radical (unpaired) electrons. The van der Waals surface area contributed by atoms with E-state index in [0.29, 0.717) is 0 Å². The second-order valence-corrected chi connectivity index (χ2v) is 70.0. The molecule has 257 valence electrons. The van der Waals surface area contributed by atoms with Crippen LogP contribution in [0.25, 0.3) is 34.4 Å². The van der Waals surface area contributed by atoms with Crippen molar-refractivity contribution in [1.29, 1.82) is 0 Å². The fraction of sp³-hybridized carbons (Fsp3) is 0.349. The van der Waals surface area contributed by atoms with Crippen molar-refractivity contribution in [2.24, 2.45) is 0 Å². The maximum absolute atomic E-state index is 8.71. The average molecular weight is 818 g/mol. The van der Waals surface area contributed by atoms with Crippen LogP contribution in [0.5, 0.6) is 0 Å². The molecular formula is C43H55Cl2Si3Zr. The van der Waals surface area contributed by atoms with Gasteiger partial charge in [-0.25, -0.2) is 0 Å². The molecule has 4 aromatic rings. The summed E-state index contributed by atoms with van der Waals surface area (Å²) in [6.45, 7) is 28.6. The van der Waals surface area contributed by atoms with Gasteiger partial charge in [0.15, 0.2) is 0 Å². The molecule has 4 aromatic carbocycles. The molecule has 6 heteroatoms. The summed E-state index contributed by atoms with van der Waals surface area (Å²) in [7, 11) is 14.6. The minimum atomic E-state index is -4.84. The van der Waals surface area contributed by atoms with E-state index in [9.17, 15) is 0 Å². The normalized spacial score (nSPS) is 18.6. The molecule has 0 aliphatic heterocycles. The number of allylic oxidation sites excluding steroid dienone is 2. The molecule has 0 nitrogen and oxygen atoms in total. The molecule has 0 saturated heterocycles. The van der Waals surface area contributed by atoms with Gasteiger partial charge in [0.05, 0.1) is 0 Å². The third kappa shape index (κ3) is 6.13. The minimum absolute atomic E-state index is 0.0950. The Labute approximate surface area is 307 Å². The molecule has 0 fully saturated rings. The summed E-state index contributed by atoms with van der Waals surface area (Å²) < 4.78 is 0.202. The molecule has 2 unspecified atom stereocenters. The van der Waals surface area contributed by atoms with Crippen LogP contribution in [0.2, 0.25) is 52.4 Å². The number of rotatable bonds is 8. The summed E-state index contributed by atoms with van der Waals surface area (Å²) in [5.74, 6) is -1.63. The average Bonchev–Trinajstić information content (AvgIpc) is 3.61. The van der Waals surface area contributed by atoms with E-state index in [2.05, 4.69) is 165 Å². The van der Waals surface area contributed by atoms with E-state index in [0.717, 1.165) is 6.42 Å². The first-order chi connectivity index (χ1) is 22.8. The molecule has 2 aliphatic carbocycles. The molecule has 0 saturated carbocycles. The second-order valence-electron chi connectivity index (χ2n) is 17.4. The Morgan fingerprint density at radius 1 is 0.592 bits per heavy atom. The van der Waals surface area contributed by atoms with Crippen LogP contribution >= 0.6 is 17.0 Å². The fourth-order valence-electron chi connectivity index (χ4n) is 8.84. The van der Waals surface area contributed by atoms with Crippen LogP contribution < -0.4 is 10.4 Å². The van der Waals surface area contributed by atoms with Crippen molar-refractivity contribution in [2.75, 3.05) is 0 Å². The van der Waals surface area contributed by atoms with Crippen LogP contribution in [-0.2, 0) is 15.6 Å². The standard InChI is InChI=1S/C21H25Si.C20H23Si.C2H7Si.2ClH.Zr/c1-6-16-13-20-15(2)7-12-19(21(20)14-16)17-8-10-18(11-9-17)22(3,4)5;1-14-12-19-15(2)6-11-18(20(19)13-14)16-7-9-17(10-8-16)21(3,4)5;1-3-2;;;/h7-14H,6H2,1-5H3;6-13H,1-5H3;3H,1-2H3;2*1H;/q;;;;;+2/p-2. The van der Waals surface area contributed by atoms with Crippen LogP contribution in [0, 0.1) is 13.8 Å². The fourth-order valence-corrected chi connectivity index (χ4v) is 43.6. The van der Waals surface area contributed by atoms with Gasteiger partial charge in [0, 0.05) is 0 Å². The van der Waals surface area contributed by atoms with Crippen molar-refractivity contribution < 1.29 is 15.6 Å². The maximum atomic E-state index is 8.71. The van der Waals surface area contributed by atoms with Crippen molar-refractivity contribution >= 4 is 61.6 Å². The first-order valence-corrected chi connectivity index (χ1v) is 41.5. The van der Waals surface area contributed by atoms with Crippen LogP contribution in [0.15, 0.2) is 83.9 Å². The SMILES string of the molecule is CCC1=Cc2c(-c3ccc([Si](C)(C)C)cc3)ccc(C)c2[CH]1[Zr]([Cl])([Cl])([CH]1C(C)=Cc2c(-c3ccc([Si](C)(C)C)cc3)ccc(C)c21)[SiH](C)C. The van der Waals surface area contributed by atoms with Crippen molar-refractivity contribution in [3.63, 3.8) is 0 Å². The second kappa shape index (κ2) is 12.9. The molecule has 0 bridgehead atoms. The van der Waals surface area contributed by atoms with E-state index in [1.807, 2.05) is 0 Å². The van der Waals surface area contributed by atoms with Gasteiger partial charge in [-0.15, -0.1) is 0 Å². The Kier molecular flexibility index (Phi) is 9.77. The third-order valence-corrected chi connectivity index (χ3v) is 67.9. The quantitative estimate of drug-likeness (QED) is 0.155. The number of hydrogen-bond acceptors (Lipinski definition) is 0. The van der Waals surface area contributed by atoms with E-state index in [-0.39, 0.29) is 7.25 Å². The molecule has 0 aromatic heterocycles. The van der Waals surface area contributed by atoms with Crippen molar-refractivity contribution in [2.45, 2.75) is 93.7 Å². The summed E-state index contributed by atoms with van der Waals surface area (Å²) in [5.41, 5.74) is 16.1. The molecule has 49 heavy (non-hydrogen) atoms. The van der Waals surface area contributed by atoms with Gasteiger partial charge in [-0.2, -0.15) is 0 Å². The summed E-state index contributed by atoms with van der Waals surface area (Å²) in [6, 6.07) is 28.1. The number of aryl methyl sites for hydroxylation is 2. The Bertz CT molecular complexity index is 2010. The zero-order chi connectivity index (χ0) is 35.9. The summed E-state index contributed by atoms with van der Waals surface area (Å²) in [6.07, 6.45) is 5.92. The topological polar surface area (TPSA) is 0 Å². The molecule has 6 rings (SSSR count). The molecule has 0 spiro atoms. The van der Waals surface area contributed by atoms with E-state index in [4.69, 9.17) is 17.0 Å². The van der Waals surface area contributed by atoms with E-state index >= 15 is 0 Å². The zero-order valence-electron chi connectivity index (χ0n) is 31.8. The van der Waals surface area contributed by atoms with Crippen molar-refractivity contribution in [3.8, 4) is 22.3 Å². The van der Waals surface area contributed by atoms with Crippen LogP contribution in [0.4, 0.5) is 0 Å². The molecule has 2 aliphatic rings. The first-order valence-electron chi connectivity index (χ1n) is 18.2. The number of halogens is 2. The van der Waals surface area contributed by atoms with Gasteiger partial charge < -0.3 is 0 Å². The van der Waals surface area contributed by atoms with Gasteiger partial charge in [-0.05, 0) is 0 Å². The Morgan fingerprint density at radius 2 is 1.00 bits per heavy atom. The molecule has 0 amide bonds. The number of fused-ring (bicyclic) bond motifs is 2. The first kappa shape index (κ1) is 37.2. The predicted molar refractivity (Wildman–Crippen MR) is 227 cm³/mol. The van der Waals surface area contributed by atoms with Crippen LogP contribution in [-0.4, -0.2) is 22.1 Å². The van der Waals surface area contributed by atoms with Gasteiger partial charge >= 0.3 is 310 Å². The summed E-state index contributed by atoms with van der Waals surface area (Å²) in [4.78, 5) is 0. The summed E-state index contributed by atoms with van der Waals surface area (Å²) >= 11 is -4.84. The zero-order valence-corrected chi connectivity index (χ0v) is 38.9. The molecular weight excluding hydrogens is 763 g/mol. The summed E-state index contributed by atoms with van der Waals surface area (Å²) in [5, 5.41) is 2.99. The van der Waals surface area contributed by atoms with Gasteiger partial charge in [0.25, 0.3) is 0 Å². The Hall–Kier alpha value is -1.53. The van der Waals surface area contributed by atoms with Crippen molar-refractivity contribution in [3.05, 3.63) is 117 Å². The van der Waals surface area contributed by atoms with Gasteiger partial charge in [-0.3, -0.25) is 0 Å². The Morgan fingerprint density at radius 3 is 1.39 bits per heavy atom. The van der Waals surface area contributed by atoms with Crippen molar-refractivity contribution in [1.82, 2.24) is 0 Å². The molecule has 0 N–H and O–H groups in total. The monoisotopic (exact) mass is 815 g/mol. The van der Waals surface area contributed by atoms with E-state index < -0.39 is 37.6 Å². The predicted octanol–water partition coefficient (Wildman–Crippen LogP) is 12.7. The third-order valence-electron chi connectivity index (χ3n) is 11.9.